The van der Waals surface area contributed by atoms with Gasteiger partial charge in [0.25, 0.3) is 5.91 Å². The third-order valence-electron chi connectivity index (χ3n) is 4.44. The van der Waals surface area contributed by atoms with E-state index in [-0.39, 0.29) is 17.8 Å². The van der Waals surface area contributed by atoms with Gasteiger partial charge in [-0.3, -0.25) is 9.59 Å². The topological polar surface area (TPSA) is 71.5 Å². The molecule has 138 valence electrons. The van der Waals surface area contributed by atoms with Crippen molar-refractivity contribution < 1.29 is 14.3 Å². The number of ether oxygens (including phenoxy) is 1. The first-order valence-electron chi connectivity index (χ1n) is 8.82. The van der Waals surface area contributed by atoms with E-state index in [9.17, 15) is 9.59 Å². The second-order valence-electron chi connectivity index (χ2n) is 6.32. The average molecular weight is 373 g/mol. The number of likely N-dealkylation sites (tertiary alicyclic amines) is 1. The number of hydrogen-bond acceptors (Lipinski definition) is 6. The Kier molecular flexibility index (Phi) is 5.88. The number of nitrogens with one attached hydrogen (secondary N) is 1. The minimum absolute atomic E-state index is 0.131. The van der Waals surface area contributed by atoms with Crippen LogP contribution in [0.15, 0.2) is 29.6 Å². The number of aromatic nitrogens is 1. The van der Waals surface area contributed by atoms with Gasteiger partial charge < -0.3 is 15.0 Å². The first kappa shape index (κ1) is 18.4. The molecule has 7 heteroatoms. The summed E-state index contributed by atoms with van der Waals surface area (Å²) in [6, 6.07) is 7.93. The molecule has 2 heterocycles. The number of rotatable bonds is 5. The van der Waals surface area contributed by atoms with Crippen LogP contribution in [0.1, 0.15) is 35.8 Å². The maximum absolute atomic E-state index is 12.7. The molecular formula is C19H23N3O3S. The molecule has 1 amide bonds. The molecule has 3 rings (SSSR count). The van der Waals surface area contributed by atoms with Crippen LogP contribution >= 0.6 is 11.3 Å². The summed E-state index contributed by atoms with van der Waals surface area (Å²) < 4.78 is 5.10. The first-order valence-corrected chi connectivity index (χ1v) is 9.70. The van der Waals surface area contributed by atoms with Crippen LogP contribution in [0.4, 0.5) is 10.8 Å². The second-order valence-corrected chi connectivity index (χ2v) is 7.18. The minimum atomic E-state index is -0.240. The average Bonchev–Trinajstić information content (AvgIpc) is 3.12. The third-order valence-corrected chi connectivity index (χ3v) is 5.20. The molecule has 1 fully saturated rings. The Morgan fingerprint density at radius 2 is 2.19 bits per heavy atom. The van der Waals surface area contributed by atoms with Crippen molar-refractivity contribution in [3.05, 3.63) is 40.9 Å². The normalized spacial score (nSPS) is 17.0. The lowest BCUT2D eigenvalue weighted by molar-refractivity contribution is -0.149. The van der Waals surface area contributed by atoms with Crippen molar-refractivity contribution in [2.24, 2.45) is 5.92 Å². The summed E-state index contributed by atoms with van der Waals surface area (Å²) in [5, 5.41) is 5.70. The maximum Gasteiger partial charge on any atom is 0.310 e. The molecule has 0 bridgehead atoms. The number of thiazole rings is 1. The van der Waals surface area contributed by atoms with E-state index in [2.05, 4.69) is 10.3 Å². The highest BCUT2D eigenvalue weighted by atomic mass is 32.1. The zero-order valence-corrected chi connectivity index (χ0v) is 15.8. The highest BCUT2D eigenvalue weighted by molar-refractivity contribution is 7.14. The van der Waals surface area contributed by atoms with E-state index in [1.54, 1.807) is 17.2 Å². The summed E-state index contributed by atoms with van der Waals surface area (Å²) >= 11 is 1.40. The number of esters is 1. The van der Waals surface area contributed by atoms with E-state index in [0.717, 1.165) is 24.1 Å². The molecule has 1 aromatic heterocycles. The van der Waals surface area contributed by atoms with Crippen molar-refractivity contribution >= 4 is 34.0 Å². The van der Waals surface area contributed by atoms with Gasteiger partial charge in [0, 0.05) is 24.2 Å². The Morgan fingerprint density at radius 1 is 1.38 bits per heavy atom. The largest absolute Gasteiger partial charge is 0.466 e. The molecule has 1 aliphatic rings. The van der Waals surface area contributed by atoms with Gasteiger partial charge in [0.05, 0.1) is 12.5 Å². The SMILES string of the molecule is CCOC(=O)C1CCCN(C(=O)c2csc(Nc3ccccc3C)n2)C1. The number of amides is 1. The van der Waals surface area contributed by atoms with Crippen LogP contribution in [-0.4, -0.2) is 41.5 Å². The van der Waals surface area contributed by atoms with Crippen molar-refractivity contribution in [1.82, 2.24) is 9.88 Å². The summed E-state index contributed by atoms with van der Waals surface area (Å²) in [7, 11) is 0. The highest BCUT2D eigenvalue weighted by Crippen LogP contribution is 2.25. The lowest BCUT2D eigenvalue weighted by Crippen LogP contribution is -2.42. The molecule has 1 aliphatic heterocycles. The predicted molar refractivity (Wildman–Crippen MR) is 102 cm³/mol. The molecule has 1 saturated heterocycles. The van der Waals surface area contributed by atoms with Gasteiger partial charge in [0.2, 0.25) is 0 Å². The summed E-state index contributed by atoms with van der Waals surface area (Å²) in [5.41, 5.74) is 2.50. The minimum Gasteiger partial charge on any atom is -0.466 e. The monoisotopic (exact) mass is 373 g/mol. The zero-order valence-electron chi connectivity index (χ0n) is 15.0. The van der Waals surface area contributed by atoms with Gasteiger partial charge in [-0.15, -0.1) is 11.3 Å². The summed E-state index contributed by atoms with van der Waals surface area (Å²) in [6.45, 7) is 5.22. The molecular weight excluding hydrogens is 350 g/mol. The van der Waals surface area contributed by atoms with Gasteiger partial charge in [0.1, 0.15) is 5.69 Å². The maximum atomic E-state index is 12.7. The number of nitrogens with zero attached hydrogens (tertiary/aromatic N) is 2. The zero-order chi connectivity index (χ0) is 18.5. The fraction of sp³-hybridized carbons (Fsp3) is 0.421. The number of para-hydroxylation sites is 1. The van der Waals surface area contributed by atoms with Crippen LogP contribution in [0.2, 0.25) is 0 Å². The van der Waals surface area contributed by atoms with Crippen LogP contribution in [0.5, 0.6) is 0 Å². The van der Waals surface area contributed by atoms with Crippen molar-refractivity contribution in [3.63, 3.8) is 0 Å². The molecule has 0 saturated carbocycles. The van der Waals surface area contributed by atoms with Crippen molar-refractivity contribution in [3.8, 4) is 0 Å². The molecule has 0 radical (unpaired) electrons. The van der Waals surface area contributed by atoms with Crippen LogP contribution in [0.25, 0.3) is 0 Å². The second kappa shape index (κ2) is 8.31. The Morgan fingerprint density at radius 3 is 2.96 bits per heavy atom. The molecule has 0 spiro atoms. The lowest BCUT2D eigenvalue weighted by atomic mass is 9.98. The number of aryl methyl sites for hydroxylation is 1. The molecule has 1 unspecified atom stereocenters. The number of hydrogen-bond donors (Lipinski definition) is 1. The van der Waals surface area contributed by atoms with Crippen molar-refractivity contribution in [1.29, 1.82) is 0 Å². The third kappa shape index (κ3) is 4.22. The van der Waals surface area contributed by atoms with E-state index >= 15 is 0 Å². The van der Waals surface area contributed by atoms with Crippen LogP contribution < -0.4 is 5.32 Å². The molecule has 26 heavy (non-hydrogen) atoms. The molecule has 2 aromatic rings. The molecule has 1 aromatic carbocycles. The molecule has 0 aliphatic carbocycles. The Labute approximate surface area is 157 Å². The van der Waals surface area contributed by atoms with E-state index in [0.29, 0.717) is 30.5 Å². The van der Waals surface area contributed by atoms with Gasteiger partial charge in [0.15, 0.2) is 5.13 Å². The molecule has 6 nitrogen and oxygen atoms in total. The lowest BCUT2D eigenvalue weighted by Gasteiger charge is -2.31. The number of anilines is 2. The van der Waals surface area contributed by atoms with Crippen LogP contribution in [0, 0.1) is 12.8 Å². The van der Waals surface area contributed by atoms with Gasteiger partial charge in [-0.1, -0.05) is 18.2 Å². The summed E-state index contributed by atoms with van der Waals surface area (Å²) in [5.74, 6) is -0.589. The Hall–Kier alpha value is -2.41. The molecule has 1 N–H and O–H groups in total. The van der Waals surface area contributed by atoms with Crippen LogP contribution in [0.3, 0.4) is 0 Å². The number of benzene rings is 1. The number of carbonyl (C=O) groups excluding carboxylic acids is 2. The highest BCUT2D eigenvalue weighted by Gasteiger charge is 2.30. The first-order chi connectivity index (χ1) is 12.6. The van der Waals surface area contributed by atoms with Gasteiger partial charge in [-0.05, 0) is 38.3 Å². The number of piperidine rings is 1. The van der Waals surface area contributed by atoms with E-state index in [4.69, 9.17) is 4.74 Å². The van der Waals surface area contributed by atoms with E-state index in [1.165, 1.54) is 11.3 Å². The fourth-order valence-corrected chi connectivity index (χ4v) is 3.73. The van der Waals surface area contributed by atoms with E-state index < -0.39 is 0 Å². The number of carbonyl (C=O) groups is 2. The van der Waals surface area contributed by atoms with Gasteiger partial charge in [-0.25, -0.2) is 4.98 Å². The summed E-state index contributed by atoms with van der Waals surface area (Å²) in [6.07, 6.45) is 1.56. The summed E-state index contributed by atoms with van der Waals surface area (Å²) in [4.78, 5) is 30.8. The van der Waals surface area contributed by atoms with Crippen molar-refractivity contribution in [2.75, 3.05) is 25.0 Å². The van der Waals surface area contributed by atoms with Gasteiger partial charge >= 0.3 is 5.97 Å². The Balaban J connectivity index is 1.66. The smallest absolute Gasteiger partial charge is 0.310 e. The van der Waals surface area contributed by atoms with Gasteiger partial charge in [-0.2, -0.15) is 0 Å². The van der Waals surface area contributed by atoms with Crippen LogP contribution in [-0.2, 0) is 9.53 Å². The quantitative estimate of drug-likeness (QED) is 0.811. The Bertz CT molecular complexity index is 790. The molecule has 1 atom stereocenters. The predicted octanol–water partition coefficient (Wildman–Crippen LogP) is 3.61. The van der Waals surface area contributed by atoms with E-state index in [1.807, 2.05) is 31.2 Å². The standard InChI is InChI=1S/C19H23N3O3S/c1-3-25-18(24)14-8-6-10-22(11-14)17(23)16-12-26-19(21-16)20-15-9-5-4-7-13(15)2/h4-5,7,9,12,14H,3,6,8,10-11H2,1-2H3,(H,20,21). The van der Waals surface area contributed by atoms with Crippen molar-refractivity contribution in [2.45, 2.75) is 26.7 Å². The fourth-order valence-electron chi connectivity index (χ4n) is 3.03.